The van der Waals surface area contributed by atoms with Crippen LogP contribution in [0.15, 0.2) is 29.1 Å². The number of benzene rings is 1. The van der Waals surface area contributed by atoms with E-state index in [1.54, 1.807) is 0 Å². The Kier molecular flexibility index (Phi) is 2.67. The third kappa shape index (κ3) is 1.86. The van der Waals surface area contributed by atoms with E-state index >= 15 is 0 Å². The van der Waals surface area contributed by atoms with E-state index in [2.05, 4.69) is 10.2 Å². The van der Waals surface area contributed by atoms with Crippen molar-refractivity contribution in [3.05, 3.63) is 40.3 Å². The Morgan fingerprint density at radius 2 is 1.76 bits per heavy atom. The molecule has 88 valence electrons. The van der Waals surface area contributed by atoms with Crippen molar-refractivity contribution in [2.24, 2.45) is 0 Å². The summed E-state index contributed by atoms with van der Waals surface area (Å²) in [4.78, 5) is 11.7. The van der Waals surface area contributed by atoms with E-state index < -0.39 is 0 Å². The van der Waals surface area contributed by atoms with Gasteiger partial charge in [0.25, 0.3) is 5.56 Å². The molecular formula is C14H16N2O. The molecule has 1 aliphatic rings. The van der Waals surface area contributed by atoms with Gasteiger partial charge in [-0.2, -0.15) is 5.10 Å². The lowest BCUT2D eigenvalue weighted by atomic mass is 9.85. The van der Waals surface area contributed by atoms with Gasteiger partial charge in [0.2, 0.25) is 0 Å². The molecule has 0 spiro atoms. The SMILES string of the molecule is O=c1[nH]nc(C2CCCCC2)c2ccccc12. The third-order valence-corrected chi connectivity index (χ3v) is 3.72. The molecule has 1 heterocycles. The fraction of sp³-hybridized carbons (Fsp3) is 0.429. The van der Waals surface area contributed by atoms with Crippen molar-refractivity contribution >= 4 is 10.8 Å². The summed E-state index contributed by atoms with van der Waals surface area (Å²) in [6, 6.07) is 7.78. The quantitative estimate of drug-likeness (QED) is 0.815. The molecule has 0 radical (unpaired) electrons. The molecule has 0 bridgehead atoms. The van der Waals surface area contributed by atoms with Gasteiger partial charge in [-0.25, -0.2) is 5.10 Å². The summed E-state index contributed by atoms with van der Waals surface area (Å²) in [5.41, 5.74) is 1.00. The predicted molar refractivity (Wildman–Crippen MR) is 68.2 cm³/mol. The lowest BCUT2D eigenvalue weighted by Crippen LogP contribution is -2.15. The fourth-order valence-electron chi connectivity index (χ4n) is 2.82. The van der Waals surface area contributed by atoms with E-state index in [0.717, 1.165) is 16.5 Å². The lowest BCUT2D eigenvalue weighted by Gasteiger charge is -2.21. The Morgan fingerprint density at radius 3 is 2.53 bits per heavy atom. The van der Waals surface area contributed by atoms with Crippen LogP contribution in [0.2, 0.25) is 0 Å². The Bertz CT molecular complexity index is 582. The average Bonchev–Trinajstić information content (AvgIpc) is 2.41. The fourth-order valence-corrected chi connectivity index (χ4v) is 2.82. The highest BCUT2D eigenvalue weighted by Gasteiger charge is 2.19. The first-order chi connectivity index (χ1) is 8.36. The van der Waals surface area contributed by atoms with Gasteiger partial charge in [-0.3, -0.25) is 4.79 Å². The van der Waals surface area contributed by atoms with E-state index in [-0.39, 0.29) is 5.56 Å². The number of H-pyrrole nitrogens is 1. The smallest absolute Gasteiger partial charge is 0.267 e. The second kappa shape index (κ2) is 4.32. The Morgan fingerprint density at radius 1 is 1.06 bits per heavy atom. The number of nitrogens with one attached hydrogen (secondary N) is 1. The molecule has 3 heteroatoms. The van der Waals surface area contributed by atoms with E-state index in [1.807, 2.05) is 24.3 Å². The molecule has 1 N–H and O–H groups in total. The molecule has 0 aliphatic heterocycles. The number of fused-ring (bicyclic) bond motifs is 1. The average molecular weight is 228 g/mol. The van der Waals surface area contributed by atoms with Crippen molar-refractivity contribution in [1.82, 2.24) is 10.2 Å². The summed E-state index contributed by atoms with van der Waals surface area (Å²) in [6.45, 7) is 0. The first-order valence-electron chi connectivity index (χ1n) is 6.33. The summed E-state index contributed by atoms with van der Waals surface area (Å²) in [6.07, 6.45) is 6.28. The van der Waals surface area contributed by atoms with Crippen LogP contribution in [0, 0.1) is 0 Å². The minimum Gasteiger partial charge on any atom is -0.267 e. The molecule has 0 amide bonds. The Labute approximate surface area is 99.9 Å². The van der Waals surface area contributed by atoms with Crippen LogP contribution >= 0.6 is 0 Å². The first-order valence-corrected chi connectivity index (χ1v) is 6.33. The van der Waals surface area contributed by atoms with Gasteiger partial charge in [0.05, 0.1) is 11.1 Å². The molecule has 3 rings (SSSR count). The monoisotopic (exact) mass is 228 g/mol. The zero-order valence-corrected chi connectivity index (χ0v) is 9.78. The predicted octanol–water partition coefficient (Wildman–Crippen LogP) is 2.97. The normalized spacial score (nSPS) is 17.4. The van der Waals surface area contributed by atoms with E-state index in [1.165, 1.54) is 32.1 Å². The summed E-state index contributed by atoms with van der Waals surface area (Å²) >= 11 is 0. The first kappa shape index (κ1) is 10.5. The van der Waals surface area contributed by atoms with E-state index in [4.69, 9.17) is 0 Å². The van der Waals surface area contributed by atoms with E-state index in [9.17, 15) is 4.79 Å². The maximum atomic E-state index is 11.7. The van der Waals surface area contributed by atoms with Gasteiger partial charge in [0.15, 0.2) is 0 Å². The summed E-state index contributed by atoms with van der Waals surface area (Å²) in [7, 11) is 0. The van der Waals surface area contributed by atoms with E-state index in [0.29, 0.717) is 5.92 Å². The number of nitrogens with zero attached hydrogens (tertiary/aromatic N) is 1. The molecule has 3 nitrogen and oxygen atoms in total. The topological polar surface area (TPSA) is 45.8 Å². The molecule has 0 unspecified atom stereocenters. The second-order valence-electron chi connectivity index (χ2n) is 4.82. The second-order valence-corrected chi connectivity index (χ2v) is 4.82. The van der Waals surface area contributed by atoms with Crippen molar-refractivity contribution in [3.63, 3.8) is 0 Å². The molecule has 2 aromatic rings. The number of hydrogen-bond acceptors (Lipinski definition) is 2. The van der Waals surface area contributed by atoms with Crippen molar-refractivity contribution in [2.45, 2.75) is 38.0 Å². The van der Waals surface area contributed by atoms with Crippen molar-refractivity contribution < 1.29 is 0 Å². The molecule has 0 atom stereocenters. The van der Waals surface area contributed by atoms with Gasteiger partial charge in [0, 0.05) is 11.3 Å². The van der Waals surface area contributed by atoms with Crippen molar-refractivity contribution in [3.8, 4) is 0 Å². The largest absolute Gasteiger partial charge is 0.272 e. The van der Waals surface area contributed by atoms with Crippen LogP contribution in [-0.4, -0.2) is 10.2 Å². The molecule has 17 heavy (non-hydrogen) atoms. The molecule has 0 saturated heterocycles. The van der Waals surface area contributed by atoms with Crippen LogP contribution in [0.5, 0.6) is 0 Å². The molecule has 1 aliphatic carbocycles. The van der Waals surface area contributed by atoms with Crippen LogP contribution in [-0.2, 0) is 0 Å². The van der Waals surface area contributed by atoms with Crippen LogP contribution in [0.25, 0.3) is 10.8 Å². The van der Waals surface area contributed by atoms with Gasteiger partial charge in [-0.05, 0) is 18.9 Å². The van der Waals surface area contributed by atoms with Gasteiger partial charge in [-0.15, -0.1) is 0 Å². The van der Waals surface area contributed by atoms with Gasteiger partial charge in [0.1, 0.15) is 0 Å². The molecule has 1 saturated carbocycles. The Hall–Kier alpha value is -1.64. The summed E-state index contributed by atoms with van der Waals surface area (Å²) < 4.78 is 0. The zero-order valence-electron chi connectivity index (χ0n) is 9.78. The minimum absolute atomic E-state index is 0.0832. The number of rotatable bonds is 1. The maximum absolute atomic E-state index is 11.7. The summed E-state index contributed by atoms with van der Waals surface area (Å²) in [5, 5.41) is 8.72. The summed E-state index contributed by atoms with van der Waals surface area (Å²) in [5.74, 6) is 0.519. The van der Waals surface area contributed by atoms with Crippen LogP contribution in [0.4, 0.5) is 0 Å². The highest BCUT2D eigenvalue weighted by atomic mass is 16.1. The molecule has 1 aromatic heterocycles. The van der Waals surface area contributed by atoms with Gasteiger partial charge in [-0.1, -0.05) is 37.5 Å². The Balaban J connectivity index is 2.16. The van der Waals surface area contributed by atoms with Gasteiger partial charge >= 0.3 is 0 Å². The standard InChI is InChI=1S/C14H16N2O/c17-14-12-9-5-4-8-11(12)13(15-16-14)10-6-2-1-3-7-10/h4-5,8-10H,1-3,6-7H2,(H,16,17). The number of aromatic amines is 1. The molecular weight excluding hydrogens is 212 g/mol. The highest BCUT2D eigenvalue weighted by molar-refractivity contribution is 5.83. The van der Waals surface area contributed by atoms with Crippen LogP contribution in [0.3, 0.4) is 0 Å². The van der Waals surface area contributed by atoms with Crippen molar-refractivity contribution in [1.29, 1.82) is 0 Å². The number of hydrogen-bond donors (Lipinski definition) is 1. The van der Waals surface area contributed by atoms with Crippen molar-refractivity contribution in [2.75, 3.05) is 0 Å². The highest BCUT2D eigenvalue weighted by Crippen LogP contribution is 2.33. The maximum Gasteiger partial charge on any atom is 0.272 e. The van der Waals surface area contributed by atoms with Crippen LogP contribution < -0.4 is 5.56 Å². The number of aromatic nitrogens is 2. The molecule has 1 fully saturated rings. The van der Waals surface area contributed by atoms with Gasteiger partial charge < -0.3 is 0 Å². The zero-order chi connectivity index (χ0) is 11.7. The lowest BCUT2D eigenvalue weighted by molar-refractivity contribution is 0.436. The molecule has 1 aromatic carbocycles. The minimum atomic E-state index is -0.0832. The third-order valence-electron chi connectivity index (χ3n) is 3.72. The van der Waals surface area contributed by atoms with Crippen LogP contribution in [0.1, 0.15) is 43.7 Å².